The van der Waals surface area contributed by atoms with E-state index < -0.39 is 11.7 Å². The topological polar surface area (TPSA) is 47.3 Å². The normalized spacial score (nSPS) is 24.9. The van der Waals surface area contributed by atoms with Gasteiger partial charge in [-0.1, -0.05) is 18.2 Å². The Morgan fingerprint density at radius 2 is 2.20 bits per heavy atom. The van der Waals surface area contributed by atoms with Crippen molar-refractivity contribution in [2.24, 2.45) is 11.8 Å². The van der Waals surface area contributed by atoms with Crippen LogP contribution in [0.3, 0.4) is 0 Å². The van der Waals surface area contributed by atoms with E-state index in [2.05, 4.69) is 5.43 Å². The van der Waals surface area contributed by atoms with E-state index in [1.807, 2.05) is 6.92 Å². The van der Waals surface area contributed by atoms with Crippen LogP contribution in [0.15, 0.2) is 24.3 Å². The number of benzene rings is 1. The van der Waals surface area contributed by atoms with Gasteiger partial charge in [-0.05, 0) is 31.4 Å². The van der Waals surface area contributed by atoms with Crippen LogP contribution in [0, 0.1) is 5.92 Å². The number of rotatable bonds is 4. The number of hydrogen-bond acceptors (Lipinski definition) is 3. The Labute approximate surface area is 116 Å². The molecule has 1 aromatic rings. The van der Waals surface area contributed by atoms with Crippen LogP contribution in [-0.4, -0.2) is 18.8 Å². The van der Waals surface area contributed by atoms with E-state index in [1.54, 1.807) is 6.07 Å². The van der Waals surface area contributed by atoms with Gasteiger partial charge in [0, 0.05) is 18.6 Å². The molecule has 1 fully saturated rings. The third kappa shape index (κ3) is 3.50. The standard InChI is InChI=1S/C14H19F3N2O/c1-9-12(5-6-20-9)13(19-18)8-10-3-2-4-11(7-10)14(15,16)17/h2-4,7,9,12-13,19H,5-6,8,18H2,1H3. The molecule has 0 bridgehead atoms. The lowest BCUT2D eigenvalue weighted by Gasteiger charge is -2.25. The lowest BCUT2D eigenvalue weighted by atomic mass is 9.89. The van der Waals surface area contributed by atoms with Gasteiger partial charge in [0.15, 0.2) is 0 Å². The SMILES string of the molecule is CC1OCCC1C(Cc1cccc(C(F)(F)F)c1)NN. The fourth-order valence-corrected chi connectivity index (χ4v) is 2.74. The van der Waals surface area contributed by atoms with E-state index in [1.165, 1.54) is 12.1 Å². The summed E-state index contributed by atoms with van der Waals surface area (Å²) < 4.78 is 43.6. The Kier molecular flexibility index (Phi) is 4.67. The van der Waals surface area contributed by atoms with Crippen LogP contribution in [0.25, 0.3) is 0 Å². The summed E-state index contributed by atoms with van der Waals surface area (Å²) >= 11 is 0. The molecule has 0 radical (unpaired) electrons. The summed E-state index contributed by atoms with van der Waals surface area (Å²) in [6.07, 6.45) is -2.92. The number of nitrogens with two attached hydrogens (primary N) is 1. The van der Waals surface area contributed by atoms with Crippen LogP contribution in [0.2, 0.25) is 0 Å². The van der Waals surface area contributed by atoms with E-state index in [9.17, 15) is 13.2 Å². The summed E-state index contributed by atoms with van der Waals surface area (Å²) in [6, 6.07) is 5.30. The smallest absolute Gasteiger partial charge is 0.378 e. The molecule has 0 amide bonds. The molecule has 112 valence electrons. The molecule has 0 saturated carbocycles. The van der Waals surface area contributed by atoms with Crippen molar-refractivity contribution >= 4 is 0 Å². The molecule has 1 aliphatic heterocycles. The highest BCUT2D eigenvalue weighted by molar-refractivity contribution is 5.26. The van der Waals surface area contributed by atoms with E-state index in [0.717, 1.165) is 12.5 Å². The first-order valence-corrected chi connectivity index (χ1v) is 6.65. The van der Waals surface area contributed by atoms with Crippen molar-refractivity contribution < 1.29 is 17.9 Å². The fourth-order valence-electron chi connectivity index (χ4n) is 2.74. The van der Waals surface area contributed by atoms with E-state index >= 15 is 0 Å². The number of hydrazine groups is 1. The summed E-state index contributed by atoms with van der Waals surface area (Å²) in [5, 5.41) is 0. The Bertz CT molecular complexity index is 450. The number of alkyl halides is 3. The number of nitrogens with one attached hydrogen (secondary N) is 1. The van der Waals surface area contributed by atoms with Crippen LogP contribution in [0.5, 0.6) is 0 Å². The molecule has 1 saturated heterocycles. The third-order valence-corrected chi connectivity index (χ3v) is 3.88. The van der Waals surface area contributed by atoms with Crippen molar-refractivity contribution in [3.63, 3.8) is 0 Å². The van der Waals surface area contributed by atoms with Crippen molar-refractivity contribution in [3.05, 3.63) is 35.4 Å². The largest absolute Gasteiger partial charge is 0.416 e. The van der Waals surface area contributed by atoms with Crippen molar-refractivity contribution in [1.29, 1.82) is 0 Å². The summed E-state index contributed by atoms with van der Waals surface area (Å²) in [5.41, 5.74) is 2.72. The van der Waals surface area contributed by atoms with Crippen molar-refractivity contribution in [1.82, 2.24) is 5.43 Å². The van der Waals surface area contributed by atoms with E-state index in [-0.39, 0.29) is 18.1 Å². The Hall–Kier alpha value is -1.11. The number of ether oxygens (including phenoxy) is 1. The zero-order valence-corrected chi connectivity index (χ0v) is 11.3. The average Bonchev–Trinajstić information content (AvgIpc) is 2.81. The maximum Gasteiger partial charge on any atom is 0.416 e. The van der Waals surface area contributed by atoms with Gasteiger partial charge in [-0.2, -0.15) is 13.2 Å². The van der Waals surface area contributed by atoms with Gasteiger partial charge < -0.3 is 4.74 Å². The first-order chi connectivity index (χ1) is 9.41. The zero-order chi connectivity index (χ0) is 14.8. The second kappa shape index (κ2) is 6.11. The minimum absolute atomic E-state index is 0.0712. The zero-order valence-electron chi connectivity index (χ0n) is 11.3. The molecule has 0 spiro atoms. The van der Waals surface area contributed by atoms with Gasteiger partial charge in [0.25, 0.3) is 0 Å². The van der Waals surface area contributed by atoms with Crippen molar-refractivity contribution in [2.45, 2.75) is 38.1 Å². The first-order valence-electron chi connectivity index (χ1n) is 6.65. The van der Waals surface area contributed by atoms with Crippen LogP contribution >= 0.6 is 0 Å². The molecule has 3 N–H and O–H groups in total. The molecular formula is C14H19F3N2O. The maximum absolute atomic E-state index is 12.7. The lowest BCUT2D eigenvalue weighted by Crippen LogP contribution is -2.44. The molecule has 3 unspecified atom stereocenters. The third-order valence-electron chi connectivity index (χ3n) is 3.88. The Morgan fingerprint density at radius 1 is 1.45 bits per heavy atom. The van der Waals surface area contributed by atoms with Crippen LogP contribution in [0.1, 0.15) is 24.5 Å². The average molecular weight is 288 g/mol. The van der Waals surface area contributed by atoms with E-state index in [4.69, 9.17) is 10.6 Å². The highest BCUT2D eigenvalue weighted by Crippen LogP contribution is 2.31. The van der Waals surface area contributed by atoms with Gasteiger partial charge in [0.2, 0.25) is 0 Å². The Morgan fingerprint density at radius 3 is 2.75 bits per heavy atom. The molecule has 2 rings (SSSR count). The van der Waals surface area contributed by atoms with Crippen LogP contribution < -0.4 is 11.3 Å². The fraction of sp³-hybridized carbons (Fsp3) is 0.571. The van der Waals surface area contributed by atoms with Crippen molar-refractivity contribution in [2.75, 3.05) is 6.61 Å². The molecular weight excluding hydrogens is 269 g/mol. The molecule has 0 aromatic heterocycles. The minimum Gasteiger partial charge on any atom is -0.378 e. The minimum atomic E-state index is -4.31. The summed E-state index contributed by atoms with van der Waals surface area (Å²) in [4.78, 5) is 0. The predicted molar refractivity (Wildman–Crippen MR) is 69.8 cm³/mol. The van der Waals surface area contributed by atoms with Gasteiger partial charge in [-0.15, -0.1) is 0 Å². The second-order valence-corrected chi connectivity index (χ2v) is 5.20. The predicted octanol–water partition coefficient (Wildman–Crippen LogP) is 2.50. The summed E-state index contributed by atoms with van der Waals surface area (Å²) in [6.45, 7) is 2.64. The van der Waals surface area contributed by atoms with Crippen LogP contribution in [-0.2, 0) is 17.3 Å². The molecule has 3 nitrogen and oxygen atoms in total. The molecule has 1 aromatic carbocycles. The molecule has 1 heterocycles. The molecule has 0 aliphatic carbocycles. The quantitative estimate of drug-likeness (QED) is 0.661. The number of hydrogen-bond donors (Lipinski definition) is 2. The molecule has 1 aliphatic rings. The van der Waals surface area contributed by atoms with Crippen molar-refractivity contribution in [3.8, 4) is 0 Å². The Balaban J connectivity index is 2.11. The van der Waals surface area contributed by atoms with Crippen LogP contribution in [0.4, 0.5) is 13.2 Å². The van der Waals surface area contributed by atoms with E-state index in [0.29, 0.717) is 18.6 Å². The highest BCUT2D eigenvalue weighted by atomic mass is 19.4. The monoisotopic (exact) mass is 288 g/mol. The molecule has 6 heteroatoms. The van der Waals surface area contributed by atoms with Gasteiger partial charge in [0.05, 0.1) is 11.7 Å². The first kappa shape index (κ1) is 15.3. The maximum atomic E-state index is 12.7. The van der Waals surface area contributed by atoms with Gasteiger partial charge >= 0.3 is 6.18 Å². The molecule has 20 heavy (non-hydrogen) atoms. The van der Waals surface area contributed by atoms with Gasteiger partial charge in [0.1, 0.15) is 0 Å². The highest BCUT2D eigenvalue weighted by Gasteiger charge is 2.33. The summed E-state index contributed by atoms with van der Waals surface area (Å²) in [5.74, 6) is 5.78. The lowest BCUT2D eigenvalue weighted by molar-refractivity contribution is -0.137. The van der Waals surface area contributed by atoms with Gasteiger partial charge in [-0.25, -0.2) is 0 Å². The summed E-state index contributed by atoms with van der Waals surface area (Å²) in [7, 11) is 0. The second-order valence-electron chi connectivity index (χ2n) is 5.20. The van der Waals surface area contributed by atoms with Gasteiger partial charge in [-0.3, -0.25) is 11.3 Å². The molecule has 3 atom stereocenters. The number of halogens is 3.